The first-order chi connectivity index (χ1) is 9.77. The third-order valence-corrected chi connectivity index (χ3v) is 3.89. The lowest BCUT2D eigenvalue weighted by Gasteiger charge is -2.18. The normalized spacial score (nSPS) is 12.1. The van der Waals surface area contributed by atoms with E-state index in [2.05, 4.69) is 30.7 Å². The van der Waals surface area contributed by atoms with Crippen molar-refractivity contribution in [2.75, 3.05) is 7.11 Å². The molecule has 4 nitrogen and oxygen atoms in total. The van der Waals surface area contributed by atoms with Gasteiger partial charge in [-0.15, -0.1) is 0 Å². The number of aromatic nitrogens is 1. The van der Waals surface area contributed by atoms with Gasteiger partial charge in [0, 0.05) is 17.6 Å². The van der Waals surface area contributed by atoms with Gasteiger partial charge in [0.05, 0.1) is 18.0 Å². The topological polar surface area (TPSA) is 51.5 Å². The first-order valence-corrected chi connectivity index (χ1v) is 7.17. The van der Waals surface area contributed by atoms with E-state index in [1.165, 1.54) is 0 Å². The van der Waals surface area contributed by atoms with E-state index in [0.29, 0.717) is 12.5 Å². The zero-order chi connectivity index (χ0) is 15.8. The van der Waals surface area contributed by atoms with Gasteiger partial charge in [0.2, 0.25) is 0 Å². The van der Waals surface area contributed by atoms with E-state index >= 15 is 0 Å². The smallest absolute Gasteiger partial charge is 0.309 e. The highest BCUT2D eigenvalue weighted by Gasteiger charge is 2.29. The predicted molar refractivity (Wildman–Crippen MR) is 84.0 cm³/mol. The fourth-order valence-corrected chi connectivity index (χ4v) is 2.64. The van der Waals surface area contributed by atoms with Crippen LogP contribution in [-0.2, 0) is 11.2 Å². The number of aliphatic carboxylic acids is 1. The molecule has 0 amide bonds. The summed E-state index contributed by atoms with van der Waals surface area (Å²) in [5, 5.41) is 10.4. The Labute approximate surface area is 125 Å². The summed E-state index contributed by atoms with van der Waals surface area (Å²) in [6.45, 7) is 7.74. The van der Waals surface area contributed by atoms with Crippen molar-refractivity contribution >= 4 is 16.9 Å². The quantitative estimate of drug-likeness (QED) is 0.908. The Hall–Kier alpha value is -1.97. The number of carboxylic acids is 1. The fourth-order valence-electron chi connectivity index (χ4n) is 2.64. The second kappa shape index (κ2) is 5.43. The van der Waals surface area contributed by atoms with Crippen LogP contribution >= 0.6 is 0 Å². The average Bonchev–Trinajstić information content (AvgIpc) is 2.77. The molecular formula is C17H23NO3. The summed E-state index contributed by atoms with van der Waals surface area (Å²) in [6, 6.07) is 6.24. The highest BCUT2D eigenvalue weighted by atomic mass is 16.5. The van der Waals surface area contributed by atoms with Gasteiger partial charge in [-0.1, -0.05) is 6.07 Å². The number of carbonyl (C=O) groups is 1. The minimum atomic E-state index is -0.809. The largest absolute Gasteiger partial charge is 0.496 e. The highest BCUT2D eigenvalue weighted by molar-refractivity contribution is 5.91. The number of benzene rings is 1. The maximum absolute atomic E-state index is 11.4. The lowest BCUT2D eigenvalue weighted by Crippen LogP contribution is -2.26. The number of fused-ring (bicyclic) bond motifs is 1. The molecule has 1 aromatic heterocycles. The number of methoxy groups -OCH3 is 1. The zero-order valence-corrected chi connectivity index (χ0v) is 13.3. The summed E-state index contributed by atoms with van der Waals surface area (Å²) in [6.07, 6.45) is 2.53. The van der Waals surface area contributed by atoms with E-state index in [4.69, 9.17) is 4.74 Å². The Morgan fingerprint density at radius 1 is 1.38 bits per heavy atom. The van der Waals surface area contributed by atoms with Crippen molar-refractivity contribution in [3.05, 3.63) is 30.0 Å². The molecule has 0 aliphatic heterocycles. The van der Waals surface area contributed by atoms with E-state index in [0.717, 1.165) is 22.2 Å². The Balaban J connectivity index is 2.65. The van der Waals surface area contributed by atoms with Gasteiger partial charge >= 0.3 is 5.97 Å². The van der Waals surface area contributed by atoms with E-state index in [1.807, 2.05) is 12.1 Å². The molecular weight excluding hydrogens is 266 g/mol. The van der Waals surface area contributed by atoms with Crippen LogP contribution in [0.1, 0.15) is 39.3 Å². The Kier molecular flexibility index (Phi) is 3.99. The first kappa shape index (κ1) is 15.4. The molecule has 1 heterocycles. The van der Waals surface area contributed by atoms with Gasteiger partial charge in [-0.25, -0.2) is 0 Å². The average molecular weight is 289 g/mol. The lowest BCUT2D eigenvalue weighted by molar-refractivity contribution is -0.146. The number of ether oxygens (including phenoxy) is 1. The molecule has 0 aliphatic carbocycles. The molecule has 0 spiro atoms. The Morgan fingerprint density at radius 2 is 2.05 bits per heavy atom. The second-order valence-corrected chi connectivity index (χ2v) is 6.38. The molecule has 0 atom stereocenters. The van der Waals surface area contributed by atoms with Gasteiger partial charge in [0.15, 0.2) is 0 Å². The minimum Gasteiger partial charge on any atom is -0.496 e. The van der Waals surface area contributed by atoms with Crippen molar-refractivity contribution in [2.45, 2.75) is 40.2 Å². The number of rotatable bonds is 5. The number of nitrogens with zero attached hydrogens (tertiary/aromatic N) is 1. The summed E-state index contributed by atoms with van der Waals surface area (Å²) in [7, 11) is 1.65. The molecule has 2 rings (SSSR count). The third-order valence-electron chi connectivity index (χ3n) is 3.89. The molecule has 0 radical (unpaired) electrons. The fraction of sp³-hybridized carbons (Fsp3) is 0.471. The van der Waals surface area contributed by atoms with Crippen LogP contribution in [0.25, 0.3) is 10.9 Å². The monoisotopic (exact) mass is 289 g/mol. The molecule has 0 saturated heterocycles. The van der Waals surface area contributed by atoms with Crippen molar-refractivity contribution in [1.82, 2.24) is 4.57 Å². The van der Waals surface area contributed by atoms with Crippen molar-refractivity contribution in [3.8, 4) is 5.75 Å². The summed E-state index contributed by atoms with van der Waals surface area (Å²) >= 11 is 0. The van der Waals surface area contributed by atoms with Crippen LogP contribution in [0.2, 0.25) is 0 Å². The molecule has 0 fully saturated rings. The van der Waals surface area contributed by atoms with Crippen LogP contribution in [0.5, 0.6) is 5.75 Å². The standard InChI is InChI=1S/C17H23NO3/c1-11(2)18-10-12(9-17(3,4)16(19)20)15-13(18)7-6-8-14(15)21-5/h6-8,10-11H,9H2,1-5H3,(H,19,20). The SMILES string of the molecule is COc1cccc2c1c(CC(C)(C)C(=O)O)cn2C(C)C. The maximum Gasteiger partial charge on any atom is 0.309 e. The van der Waals surface area contributed by atoms with Crippen LogP contribution in [0.4, 0.5) is 0 Å². The van der Waals surface area contributed by atoms with Crippen LogP contribution < -0.4 is 4.74 Å². The van der Waals surface area contributed by atoms with E-state index in [1.54, 1.807) is 21.0 Å². The van der Waals surface area contributed by atoms with Gasteiger partial charge in [-0.05, 0) is 51.8 Å². The van der Waals surface area contributed by atoms with Gasteiger partial charge < -0.3 is 14.4 Å². The second-order valence-electron chi connectivity index (χ2n) is 6.38. The first-order valence-electron chi connectivity index (χ1n) is 7.17. The zero-order valence-electron chi connectivity index (χ0n) is 13.3. The lowest BCUT2D eigenvalue weighted by atomic mass is 9.86. The van der Waals surface area contributed by atoms with E-state index < -0.39 is 11.4 Å². The van der Waals surface area contributed by atoms with Crippen LogP contribution in [-0.4, -0.2) is 22.8 Å². The molecule has 2 aromatic rings. The molecule has 0 aliphatic rings. The molecule has 0 bridgehead atoms. The van der Waals surface area contributed by atoms with Crippen molar-refractivity contribution in [1.29, 1.82) is 0 Å². The summed E-state index contributed by atoms with van der Waals surface area (Å²) < 4.78 is 7.65. The highest BCUT2D eigenvalue weighted by Crippen LogP contribution is 2.35. The van der Waals surface area contributed by atoms with E-state index in [-0.39, 0.29) is 0 Å². The van der Waals surface area contributed by atoms with Crippen molar-refractivity contribution < 1.29 is 14.6 Å². The minimum absolute atomic E-state index is 0.307. The van der Waals surface area contributed by atoms with Crippen molar-refractivity contribution in [3.63, 3.8) is 0 Å². The van der Waals surface area contributed by atoms with Crippen molar-refractivity contribution in [2.24, 2.45) is 5.41 Å². The molecule has 114 valence electrons. The van der Waals surface area contributed by atoms with Crippen LogP contribution in [0, 0.1) is 5.41 Å². The van der Waals surface area contributed by atoms with Crippen LogP contribution in [0.3, 0.4) is 0 Å². The van der Waals surface area contributed by atoms with Gasteiger partial charge in [-0.3, -0.25) is 4.79 Å². The molecule has 1 aromatic carbocycles. The van der Waals surface area contributed by atoms with Gasteiger partial charge in [-0.2, -0.15) is 0 Å². The van der Waals surface area contributed by atoms with Gasteiger partial charge in [0.25, 0.3) is 0 Å². The molecule has 0 unspecified atom stereocenters. The van der Waals surface area contributed by atoms with Crippen LogP contribution in [0.15, 0.2) is 24.4 Å². The number of hydrogen-bond acceptors (Lipinski definition) is 2. The number of carboxylic acid groups (broad SMARTS) is 1. The summed E-state index contributed by atoms with van der Waals surface area (Å²) in [5.41, 5.74) is 1.29. The number of hydrogen-bond donors (Lipinski definition) is 1. The maximum atomic E-state index is 11.4. The third kappa shape index (κ3) is 2.75. The summed E-state index contributed by atoms with van der Waals surface area (Å²) in [5.74, 6) is 0.00549. The molecule has 21 heavy (non-hydrogen) atoms. The molecule has 0 saturated carbocycles. The Morgan fingerprint density at radius 3 is 2.57 bits per heavy atom. The molecule has 1 N–H and O–H groups in total. The predicted octanol–water partition coefficient (Wildman–Crippen LogP) is 3.88. The van der Waals surface area contributed by atoms with E-state index in [9.17, 15) is 9.90 Å². The molecule has 4 heteroatoms. The summed E-state index contributed by atoms with van der Waals surface area (Å²) in [4.78, 5) is 11.4. The Bertz CT molecular complexity index is 668. The van der Waals surface area contributed by atoms with Gasteiger partial charge in [0.1, 0.15) is 5.75 Å².